The van der Waals surface area contributed by atoms with Crippen LogP contribution in [-0.2, 0) is 0 Å². The summed E-state index contributed by atoms with van der Waals surface area (Å²) < 4.78 is 2.57. The zero-order valence-corrected chi connectivity index (χ0v) is 16.5. The first kappa shape index (κ1) is 17.7. The molecule has 0 aliphatic carbocycles. The van der Waals surface area contributed by atoms with Crippen molar-refractivity contribution >= 4 is 50.6 Å². The standard InChI is InChI=1S/C22H14BrClN2O/c23-16-12-9-15(10-13-16)11-14-21-25-19-7-3-1-5-17(19)22(27)26(21)20-8-4-2-6-18(20)24/h1-14H. The summed E-state index contributed by atoms with van der Waals surface area (Å²) in [5, 5.41) is 1.05. The maximum atomic E-state index is 13.2. The van der Waals surface area contributed by atoms with Gasteiger partial charge in [0.2, 0.25) is 0 Å². The van der Waals surface area contributed by atoms with E-state index < -0.39 is 0 Å². The Morgan fingerprint density at radius 1 is 0.889 bits per heavy atom. The van der Waals surface area contributed by atoms with Crippen molar-refractivity contribution in [2.24, 2.45) is 0 Å². The van der Waals surface area contributed by atoms with Crippen molar-refractivity contribution in [1.82, 2.24) is 9.55 Å². The summed E-state index contributed by atoms with van der Waals surface area (Å²) in [6.45, 7) is 0. The lowest BCUT2D eigenvalue weighted by Gasteiger charge is -2.12. The lowest BCUT2D eigenvalue weighted by molar-refractivity contribution is 0.944. The summed E-state index contributed by atoms with van der Waals surface area (Å²) >= 11 is 9.80. The fourth-order valence-corrected chi connectivity index (χ4v) is 3.36. The SMILES string of the molecule is O=c1c2ccccc2nc(C=Cc2ccc(Br)cc2)n1-c1ccccc1Cl. The third kappa shape index (κ3) is 3.59. The van der Waals surface area contributed by atoms with Gasteiger partial charge < -0.3 is 0 Å². The number of fused-ring (bicyclic) bond motifs is 1. The summed E-state index contributed by atoms with van der Waals surface area (Å²) in [6.07, 6.45) is 3.76. The van der Waals surface area contributed by atoms with Crippen molar-refractivity contribution in [3.63, 3.8) is 0 Å². The molecule has 0 N–H and O–H groups in total. The summed E-state index contributed by atoms with van der Waals surface area (Å²) in [6, 6.07) is 22.5. The lowest BCUT2D eigenvalue weighted by Crippen LogP contribution is -2.22. The van der Waals surface area contributed by atoms with Gasteiger partial charge in [-0.3, -0.25) is 9.36 Å². The largest absolute Gasteiger partial charge is 0.268 e. The molecule has 4 rings (SSSR count). The van der Waals surface area contributed by atoms with Gasteiger partial charge >= 0.3 is 0 Å². The monoisotopic (exact) mass is 436 g/mol. The minimum atomic E-state index is -0.149. The minimum absolute atomic E-state index is 0.149. The molecule has 0 aliphatic rings. The van der Waals surface area contributed by atoms with Gasteiger partial charge in [-0.1, -0.05) is 70.0 Å². The average molecular weight is 438 g/mol. The van der Waals surface area contributed by atoms with Crippen molar-refractivity contribution in [1.29, 1.82) is 0 Å². The molecular formula is C22H14BrClN2O. The molecule has 0 amide bonds. The van der Waals surface area contributed by atoms with Gasteiger partial charge in [0.1, 0.15) is 5.82 Å². The molecule has 0 saturated carbocycles. The number of aromatic nitrogens is 2. The van der Waals surface area contributed by atoms with Gasteiger partial charge in [-0.25, -0.2) is 4.98 Å². The highest BCUT2D eigenvalue weighted by molar-refractivity contribution is 9.10. The van der Waals surface area contributed by atoms with Crippen LogP contribution in [-0.4, -0.2) is 9.55 Å². The van der Waals surface area contributed by atoms with E-state index in [1.54, 1.807) is 16.7 Å². The average Bonchev–Trinajstić information content (AvgIpc) is 2.69. The minimum Gasteiger partial charge on any atom is -0.268 e. The second-order valence-electron chi connectivity index (χ2n) is 5.96. The summed E-state index contributed by atoms with van der Waals surface area (Å²) in [7, 11) is 0. The fourth-order valence-electron chi connectivity index (χ4n) is 2.87. The van der Waals surface area contributed by atoms with Gasteiger partial charge in [0.05, 0.1) is 21.6 Å². The lowest BCUT2D eigenvalue weighted by atomic mass is 10.2. The predicted octanol–water partition coefficient (Wildman–Crippen LogP) is 5.97. The van der Waals surface area contributed by atoms with Crippen LogP contribution >= 0.6 is 27.5 Å². The molecule has 27 heavy (non-hydrogen) atoms. The Bertz CT molecular complexity index is 1210. The van der Waals surface area contributed by atoms with E-state index in [0.717, 1.165) is 10.0 Å². The molecule has 1 aromatic heterocycles. The van der Waals surface area contributed by atoms with Crippen LogP contribution in [0.3, 0.4) is 0 Å². The van der Waals surface area contributed by atoms with Crippen LogP contribution in [0.1, 0.15) is 11.4 Å². The van der Waals surface area contributed by atoms with Gasteiger partial charge in [0.25, 0.3) is 5.56 Å². The number of benzene rings is 3. The molecular weight excluding hydrogens is 424 g/mol. The predicted molar refractivity (Wildman–Crippen MR) is 115 cm³/mol. The Hall–Kier alpha value is -2.69. The molecule has 3 nitrogen and oxygen atoms in total. The molecule has 0 radical (unpaired) electrons. The quantitative estimate of drug-likeness (QED) is 0.396. The van der Waals surface area contributed by atoms with E-state index in [1.165, 1.54) is 0 Å². The molecule has 5 heteroatoms. The van der Waals surface area contributed by atoms with Crippen molar-refractivity contribution in [2.75, 3.05) is 0 Å². The second-order valence-corrected chi connectivity index (χ2v) is 7.29. The molecule has 0 saturated heterocycles. The Morgan fingerprint density at radius 3 is 2.37 bits per heavy atom. The Morgan fingerprint density at radius 2 is 1.59 bits per heavy atom. The second kappa shape index (κ2) is 7.51. The van der Waals surface area contributed by atoms with Gasteiger partial charge in [-0.2, -0.15) is 0 Å². The zero-order valence-electron chi connectivity index (χ0n) is 14.1. The Kier molecular flexibility index (Phi) is 4.92. The summed E-state index contributed by atoms with van der Waals surface area (Å²) in [5.74, 6) is 0.523. The van der Waals surface area contributed by atoms with Crippen molar-refractivity contribution in [2.45, 2.75) is 0 Å². The molecule has 0 fully saturated rings. The zero-order chi connectivity index (χ0) is 18.8. The number of hydrogen-bond acceptors (Lipinski definition) is 2. The molecule has 4 aromatic rings. The van der Waals surface area contributed by atoms with E-state index in [1.807, 2.05) is 72.8 Å². The third-order valence-electron chi connectivity index (χ3n) is 4.19. The van der Waals surface area contributed by atoms with Crippen LogP contribution < -0.4 is 5.56 Å². The van der Waals surface area contributed by atoms with Crippen LogP contribution in [0.4, 0.5) is 0 Å². The maximum absolute atomic E-state index is 13.2. The molecule has 0 atom stereocenters. The summed E-state index contributed by atoms with van der Waals surface area (Å²) in [4.78, 5) is 17.9. The normalized spacial score (nSPS) is 11.3. The first-order chi connectivity index (χ1) is 13.1. The molecule has 0 unspecified atom stereocenters. The van der Waals surface area contributed by atoms with Crippen LogP contribution in [0, 0.1) is 0 Å². The van der Waals surface area contributed by atoms with Gasteiger partial charge in [0.15, 0.2) is 0 Å². The number of para-hydroxylation sites is 2. The molecule has 0 bridgehead atoms. The van der Waals surface area contributed by atoms with Crippen LogP contribution in [0.15, 0.2) is 82.1 Å². The van der Waals surface area contributed by atoms with Gasteiger partial charge in [0, 0.05) is 4.47 Å². The van der Waals surface area contributed by atoms with Crippen LogP contribution in [0.2, 0.25) is 5.02 Å². The van der Waals surface area contributed by atoms with E-state index in [0.29, 0.717) is 27.4 Å². The number of hydrogen-bond donors (Lipinski definition) is 0. The first-order valence-corrected chi connectivity index (χ1v) is 9.51. The highest BCUT2D eigenvalue weighted by Gasteiger charge is 2.13. The Balaban J connectivity index is 1.95. The number of nitrogens with zero attached hydrogens (tertiary/aromatic N) is 2. The van der Waals surface area contributed by atoms with Gasteiger partial charge in [-0.15, -0.1) is 0 Å². The highest BCUT2D eigenvalue weighted by atomic mass is 79.9. The van der Waals surface area contributed by atoms with E-state index in [9.17, 15) is 4.79 Å². The van der Waals surface area contributed by atoms with Crippen LogP contribution in [0.25, 0.3) is 28.7 Å². The van der Waals surface area contributed by atoms with Crippen LogP contribution in [0.5, 0.6) is 0 Å². The molecule has 132 valence electrons. The van der Waals surface area contributed by atoms with E-state index in [4.69, 9.17) is 16.6 Å². The van der Waals surface area contributed by atoms with Crippen molar-refractivity contribution in [3.05, 3.63) is 104 Å². The topological polar surface area (TPSA) is 34.9 Å². The highest BCUT2D eigenvalue weighted by Crippen LogP contribution is 2.22. The smallest absolute Gasteiger partial charge is 0.266 e. The molecule has 3 aromatic carbocycles. The number of rotatable bonds is 3. The Labute approximate surface area is 169 Å². The van der Waals surface area contributed by atoms with E-state index in [-0.39, 0.29) is 5.56 Å². The first-order valence-electron chi connectivity index (χ1n) is 8.34. The third-order valence-corrected chi connectivity index (χ3v) is 5.04. The summed E-state index contributed by atoms with van der Waals surface area (Å²) in [5.41, 5.74) is 2.12. The molecule has 0 spiro atoms. The van der Waals surface area contributed by atoms with E-state index in [2.05, 4.69) is 15.9 Å². The van der Waals surface area contributed by atoms with Crippen molar-refractivity contribution < 1.29 is 0 Å². The van der Waals surface area contributed by atoms with E-state index >= 15 is 0 Å². The van der Waals surface area contributed by atoms with Gasteiger partial charge in [-0.05, 0) is 48.0 Å². The fraction of sp³-hybridized carbons (Fsp3) is 0. The maximum Gasteiger partial charge on any atom is 0.266 e. The van der Waals surface area contributed by atoms with Crippen molar-refractivity contribution in [3.8, 4) is 5.69 Å². The number of halogens is 2. The molecule has 1 heterocycles. The molecule has 0 aliphatic heterocycles.